The van der Waals surface area contributed by atoms with Crippen LogP contribution in [0.5, 0.6) is 0 Å². The Kier molecular flexibility index (Phi) is 15.0. The maximum absolute atomic E-state index is 14.6. The highest BCUT2D eigenvalue weighted by atomic mass is 32.2. The lowest BCUT2D eigenvalue weighted by molar-refractivity contribution is -0.159. The number of ether oxygens (including phenoxy) is 2. The highest BCUT2D eigenvalue weighted by Crippen LogP contribution is 2.28. The Balaban J connectivity index is 2.66. The minimum atomic E-state index is -1.14. The lowest BCUT2D eigenvalue weighted by Gasteiger charge is -2.39. The van der Waals surface area contributed by atoms with Crippen LogP contribution in [-0.4, -0.2) is 70.1 Å². The number of rotatable bonds is 15. The van der Waals surface area contributed by atoms with Crippen molar-refractivity contribution in [2.45, 2.75) is 110 Å². The third-order valence-corrected chi connectivity index (χ3v) is 7.84. The normalized spacial score (nSPS) is 14.1. The molecule has 4 unspecified atom stereocenters. The van der Waals surface area contributed by atoms with E-state index in [0.29, 0.717) is 24.2 Å². The van der Waals surface area contributed by atoms with Gasteiger partial charge >= 0.3 is 12.1 Å². The average Bonchev–Trinajstić information content (AvgIpc) is 2.99. The number of hydrogen-bond acceptors (Lipinski definition) is 7. The third-order valence-electron chi connectivity index (χ3n) is 7.20. The molecule has 0 aliphatic heterocycles. The van der Waals surface area contributed by atoms with Gasteiger partial charge in [-0.05, 0) is 96.1 Å². The van der Waals surface area contributed by atoms with Crippen molar-refractivity contribution in [3.63, 3.8) is 0 Å². The van der Waals surface area contributed by atoms with E-state index >= 15 is 0 Å². The number of nitrogens with zero attached hydrogens (tertiary/aromatic N) is 1. The minimum absolute atomic E-state index is 0.189. The van der Waals surface area contributed by atoms with E-state index in [1.807, 2.05) is 56.5 Å². The Hall–Kier alpha value is -3.79. The lowest BCUT2D eigenvalue weighted by atomic mass is 9.97. The Morgan fingerprint density at radius 2 is 1.55 bits per heavy atom. The molecule has 0 radical (unpaired) electrons. The topological polar surface area (TPSA) is 114 Å². The van der Waals surface area contributed by atoms with Crippen LogP contribution in [0.15, 0.2) is 61.2 Å². The summed E-state index contributed by atoms with van der Waals surface area (Å²) < 4.78 is 11.2. The SMILES string of the molecule is C=Cc1cccc(C(C(=O)NC(Cc2ccccc2)C(=O)OC(C)(C)C)N(C(=O)C(CCSC)NC(=O)OC(C)(C)C)C(C)CC)c1. The van der Waals surface area contributed by atoms with E-state index in [4.69, 9.17) is 9.47 Å². The molecule has 4 atom stereocenters. The first-order valence-corrected chi connectivity index (χ1v) is 17.5. The van der Waals surface area contributed by atoms with Gasteiger partial charge in [0.15, 0.2) is 0 Å². The first kappa shape index (κ1) is 39.4. The molecule has 0 heterocycles. The van der Waals surface area contributed by atoms with Gasteiger partial charge in [-0.15, -0.1) is 0 Å². The van der Waals surface area contributed by atoms with Crippen LogP contribution in [0.2, 0.25) is 0 Å². The number of benzene rings is 2. The second kappa shape index (κ2) is 17.9. The quantitative estimate of drug-likeness (QED) is 0.203. The van der Waals surface area contributed by atoms with Crippen LogP contribution in [0.1, 0.15) is 91.0 Å². The Labute approximate surface area is 285 Å². The van der Waals surface area contributed by atoms with Crippen LogP contribution in [0.4, 0.5) is 4.79 Å². The van der Waals surface area contributed by atoms with Gasteiger partial charge in [-0.2, -0.15) is 11.8 Å². The van der Waals surface area contributed by atoms with Crippen molar-refractivity contribution >= 4 is 41.7 Å². The van der Waals surface area contributed by atoms with Crippen molar-refractivity contribution in [2.75, 3.05) is 12.0 Å². The zero-order chi connectivity index (χ0) is 35.4. The number of alkyl carbamates (subject to hydrolysis) is 1. The molecule has 0 fully saturated rings. The van der Waals surface area contributed by atoms with Gasteiger partial charge in [0.05, 0.1) is 0 Å². The van der Waals surface area contributed by atoms with Crippen LogP contribution >= 0.6 is 11.8 Å². The summed E-state index contributed by atoms with van der Waals surface area (Å²) in [4.78, 5) is 57.1. The summed E-state index contributed by atoms with van der Waals surface area (Å²) in [6.45, 7) is 18.2. The first-order valence-electron chi connectivity index (χ1n) is 16.1. The van der Waals surface area contributed by atoms with Crippen LogP contribution < -0.4 is 10.6 Å². The second-order valence-corrected chi connectivity index (χ2v) is 14.5. The minimum Gasteiger partial charge on any atom is -0.458 e. The van der Waals surface area contributed by atoms with E-state index in [1.165, 1.54) is 4.90 Å². The van der Waals surface area contributed by atoms with Crippen molar-refractivity contribution in [3.05, 3.63) is 77.9 Å². The predicted molar refractivity (Wildman–Crippen MR) is 190 cm³/mol. The molecule has 0 aliphatic rings. The molecule has 47 heavy (non-hydrogen) atoms. The molecule has 9 nitrogen and oxygen atoms in total. The van der Waals surface area contributed by atoms with Crippen molar-refractivity contribution in [2.24, 2.45) is 0 Å². The van der Waals surface area contributed by atoms with Crippen LogP contribution in [0.3, 0.4) is 0 Å². The summed E-state index contributed by atoms with van der Waals surface area (Å²) in [5.74, 6) is -0.978. The fraction of sp³-hybridized carbons (Fsp3) is 0.514. The molecule has 2 aromatic rings. The van der Waals surface area contributed by atoms with E-state index in [0.717, 1.165) is 11.1 Å². The average molecular weight is 668 g/mol. The van der Waals surface area contributed by atoms with Crippen molar-refractivity contribution in [1.82, 2.24) is 15.5 Å². The van der Waals surface area contributed by atoms with E-state index in [1.54, 1.807) is 77.6 Å². The Morgan fingerprint density at radius 1 is 0.915 bits per heavy atom. The molecule has 3 amide bonds. The molecule has 0 bridgehead atoms. The summed E-state index contributed by atoms with van der Waals surface area (Å²) in [6, 6.07) is 13.0. The van der Waals surface area contributed by atoms with Gasteiger partial charge in [-0.25, -0.2) is 9.59 Å². The van der Waals surface area contributed by atoms with Crippen molar-refractivity contribution in [1.29, 1.82) is 0 Å². The number of thioether (sulfide) groups is 1. The van der Waals surface area contributed by atoms with Gasteiger partial charge in [0.2, 0.25) is 11.8 Å². The molecule has 10 heteroatoms. The number of carbonyl (C=O) groups excluding carboxylic acids is 4. The molecule has 2 rings (SSSR count). The molecule has 0 aliphatic carbocycles. The number of nitrogens with one attached hydrogen (secondary N) is 2. The smallest absolute Gasteiger partial charge is 0.408 e. The third kappa shape index (κ3) is 13.1. The van der Waals surface area contributed by atoms with E-state index in [2.05, 4.69) is 17.2 Å². The molecule has 2 N–H and O–H groups in total. The highest BCUT2D eigenvalue weighted by Gasteiger charge is 2.40. The van der Waals surface area contributed by atoms with Crippen LogP contribution in [0, 0.1) is 0 Å². The molecule has 258 valence electrons. The fourth-order valence-electron chi connectivity index (χ4n) is 4.88. The van der Waals surface area contributed by atoms with E-state index < -0.39 is 59.2 Å². The van der Waals surface area contributed by atoms with Gasteiger partial charge < -0.3 is 25.0 Å². The monoisotopic (exact) mass is 667 g/mol. The van der Waals surface area contributed by atoms with Gasteiger partial charge in [0, 0.05) is 12.5 Å². The summed E-state index contributed by atoms with van der Waals surface area (Å²) in [5.41, 5.74) is 0.580. The van der Waals surface area contributed by atoms with Crippen LogP contribution in [0.25, 0.3) is 6.08 Å². The molecule has 0 spiro atoms. The van der Waals surface area contributed by atoms with Gasteiger partial charge in [-0.3, -0.25) is 9.59 Å². The molecule has 0 aromatic heterocycles. The molecule has 0 saturated heterocycles. The molecular formula is C37H53N3O6S. The summed E-state index contributed by atoms with van der Waals surface area (Å²) in [6.07, 6.45) is 3.90. The van der Waals surface area contributed by atoms with Crippen molar-refractivity contribution in [3.8, 4) is 0 Å². The highest BCUT2D eigenvalue weighted by molar-refractivity contribution is 7.98. The maximum Gasteiger partial charge on any atom is 0.408 e. The van der Waals surface area contributed by atoms with E-state index in [-0.39, 0.29) is 6.42 Å². The maximum atomic E-state index is 14.6. The Morgan fingerprint density at radius 3 is 2.11 bits per heavy atom. The van der Waals surface area contributed by atoms with Gasteiger partial charge in [0.1, 0.15) is 29.3 Å². The largest absolute Gasteiger partial charge is 0.458 e. The number of carbonyl (C=O) groups is 4. The van der Waals surface area contributed by atoms with Gasteiger partial charge in [-0.1, -0.05) is 68.1 Å². The standard InChI is InChI=1S/C37H53N3O6S/c1-11-25(3)40(33(42)29(21-22-47-10)39-35(44)46-37(7,8)9)31(28-20-16-19-26(12-2)23-28)32(41)38-30(34(43)45-36(4,5)6)24-27-17-14-13-15-18-27/h12-20,23,25,29-31H,2,11,21-22,24H2,1,3-10H3,(H,38,41)(H,39,44). The first-order chi connectivity index (χ1) is 22.0. The summed E-state index contributed by atoms with van der Waals surface area (Å²) in [7, 11) is 0. The van der Waals surface area contributed by atoms with Crippen molar-refractivity contribution < 1.29 is 28.7 Å². The lowest BCUT2D eigenvalue weighted by Crippen LogP contribution is -2.57. The number of hydrogen-bond donors (Lipinski definition) is 2. The van der Waals surface area contributed by atoms with Crippen LogP contribution in [-0.2, 0) is 30.3 Å². The zero-order valence-electron chi connectivity index (χ0n) is 29.4. The number of esters is 1. The van der Waals surface area contributed by atoms with Gasteiger partial charge in [0.25, 0.3) is 0 Å². The molecular weight excluding hydrogens is 614 g/mol. The number of amides is 3. The fourth-order valence-corrected chi connectivity index (χ4v) is 5.35. The summed E-state index contributed by atoms with van der Waals surface area (Å²) >= 11 is 1.54. The Bertz CT molecular complexity index is 1350. The molecule has 2 aromatic carbocycles. The molecule has 0 saturated carbocycles. The predicted octanol–water partition coefficient (Wildman–Crippen LogP) is 6.71. The second-order valence-electron chi connectivity index (χ2n) is 13.5. The van der Waals surface area contributed by atoms with E-state index in [9.17, 15) is 19.2 Å². The summed E-state index contributed by atoms with van der Waals surface area (Å²) in [5, 5.41) is 5.71. The zero-order valence-corrected chi connectivity index (χ0v) is 30.2.